The topological polar surface area (TPSA) is 105 Å². The van der Waals surface area contributed by atoms with Crippen LogP contribution in [0.4, 0.5) is 4.79 Å². The van der Waals surface area contributed by atoms with Gasteiger partial charge in [-0.15, -0.1) is 0 Å². The second-order valence-corrected chi connectivity index (χ2v) is 9.36. The van der Waals surface area contributed by atoms with Crippen LogP contribution in [0.2, 0.25) is 0 Å². The molecule has 2 fully saturated rings. The molecule has 2 aromatic carbocycles. The van der Waals surface area contributed by atoms with E-state index in [1.165, 1.54) is 22.3 Å². The number of hydrogen-bond acceptors (Lipinski definition) is 4. The Kier molecular flexibility index (Phi) is 5.79. The van der Waals surface area contributed by atoms with Crippen LogP contribution < -0.4 is 10.6 Å². The van der Waals surface area contributed by atoms with Crippen molar-refractivity contribution in [2.24, 2.45) is 17.8 Å². The van der Waals surface area contributed by atoms with Crippen LogP contribution in [0.1, 0.15) is 42.7 Å². The number of carbonyl (C=O) groups is 3. The highest BCUT2D eigenvalue weighted by Gasteiger charge is 2.44. The molecule has 4 atom stereocenters. The Hall–Kier alpha value is -3.35. The summed E-state index contributed by atoms with van der Waals surface area (Å²) in [4.78, 5) is 35.8. The van der Waals surface area contributed by atoms with Gasteiger partial charge in [-0.1, -0.05) is 48.5 Å². The van der Waals surface area contributed by atoms with Crippen molar-refractivity contribution in [2.45, 2.75) is 37.6 Å². The Balaban J connectivity index is 1.07. The van der Waals surface area contributed by atoms with Crippen LogP contribution in [-0.4, -0.2) is 42.3 Å². The first kappa shape index (κ1) is 21.5. The number of carboxylic acid groups (broad SMARTS) is 1. The number of carbonyl (C=O) groups excluding carboxylic acids is 2. The number of benzene rings is 2. The number of ether oxygens (including phenoxy) is 1. The second-order valence-electron chi connectivity index (χ2n) is 9.36. The van der Waals surface area contributed by atoms with Crippen LogP contribution in [0.25, 0.3) is 11.1 Å². The van der Waals surface area contributed by atoms with Gasteiger partial charge in [-0.2, -0.15) is 0 Å². The first-order chi connectivity index (χ1) is 16.0. The fraction of sp³-hybridized carbons (Fsp3) is 0.423. The molecule has 0 saturated heterocycles. The van der Waals surface area contributed by atoms with Crippen molar-refractivity contribution in [3.8, 4) is 11.1 Å². The molecule has 5 rings (SSSR count). The molecule has 172 valence electrons. The summed E-state index contributed by atoms with van der Waals surface area (Å²) < 4.78 is 5.55. The SMILES string of the molecule is O=C(NC[C@@H]1C[C@@H]1C(=O)NC1CCC(C(=O)O)C1)OCC1c2ccccc2-c2ccccc21. The van der Waals surface area contributed by atoms with Gasteiger partial charge in [-0.05, 0) is 53.9 Å². The van der Waals surface area contributed by atoms with E-state index in [4.69, 9.17) is 9.84 Å². The van der Waals surface area contributed by atoms with Crippen LogP contribution in [-0.2, 0) is 14.3 Å². The zero-order chi connectivity index (χ0) is 22.9. The van der Waals surface area contributed by atoms with Crippen molar-refractivity contribution < 1.29 is 24.2 Å². The third-order valence-corrected chi connectivity index (χ3v) is 7.24. The molecule has 0 aromatic heterocycles. The maximum absolute atomic E-state index is 12.4. The lowest BCUT2D eigenvalue weighted by Crippen LogP contribution is -2.35. The third kappa shape index (κ3) is 4.45. The van der Waals surface area contributed by atoms with Crippen molar-refractivity contribution in [2.75, 3.05) is 13.2 Å². The molecule has 7 heteroatoms. The summed E-state index contributed by atoms with van der Waals surface area (Å²) in [6.45, 7) is 0.665. The molecule has 3 aliphatic carbocycles. The van der Waals surface area contributed by atoms with Crippen LogP contribution in [0, 0.1) is 17.8 Å². The second kappa shape index (κ2) is 8.89. The first-order valence-corrected chi connectivity index (χ1v) is 11.6. The molecule has 3 aliphatic rings. The highest BCUT2D eigenvalue weighted by atomic mass is 16.5. The van der Waals surface area contributed by atoms with Crippen LogP contribution in [0.3, 0.4) is 0 Å². The van der Waals surface area contributed by atoms with E-state index in [1.54, 1.807) is 0 Å². The van der Waals surface area contributed by atoms with Crippen molar-refractivity contribution in [1.29, 1.82) is 0 Å². The molecule has 2 amide bonds. The number of nitrogens with one attached hydrogen (secondary N) is 2. The minimum Gasteiger partial charge on any atom is -0.481 e. The molecular weight excluding hydrogens is 420 g/mol. The number of fused-ring (bicyclic) bond motifs is 3. The largest absolute Gasteiger partial charge is 0.481 e. The Bertz CT molecular complexity index is 1040. The zero-order valence-corrected chi connectivity index (χ0v) is 18.3. The number of aliphatic carboxylic acids is 1. The Morgan fingerprint density at radius 1 is 0.939 bits per heavy atom. The summed E-state index contributed by atoms with van der Waals surface area (Å²) in [5.41, 5.74) is 4.71. The van der Waals surface area contributed by atoms with Crippen molar-refractivity contribution in [3.63, 3.8) is 0 Å². The Morgan fingerprint density at radius 2 is 1.61 bits per heavy atom. The van der Waals surface area contributed by atoms with Gasteiger partial charge in [0, 0.05) is 24.4 Å². The summed E-state index contributed by atoms with van der Waals surface area (Å²) in [5.74, 6) is -1.19. The number of alkyl carbamates (subject to hydrolysis) is 1. The van der Waals surface area contributed by atoms with Crippen LogP contribution in [0.15, 0.2) is 48.5 Å². The summed E-state index contributed by atoms with van der Waals surface area (Å²) in [5, 5.41) is 14.9. The quantitative estimate of drug-likeness (QED) is 0.601. The van der Waals surface area contributed by atoms with Crippen molar-refractivity contribution in [3.05, 3.63) is 59.7 Å². The van der Waals surface area contributed by atoms with Crippen LogP contribution >= 0.6 is 0 Å². The third-order valence-electron chi connectivity index (χ3n) is 7.24. The van der Waals surface area contributed by atoms with Gasteiger partial charge in [-0.25, -0.2) is 4.79 Å². The first-order valence-electron chi connectivity index (χ1n) is 11.6. The lowest BCUT2D eigenvalue weighted by atomic mass is 9.98. The summed E-state index contributed by atoms with van der Waals surface area (Å²) in [6, 6.07) is 16.3. The lowest BCUT2D eigenvalue weighted by molar-refractivity contribution is -0.141. The summed E-state index contributed by atoms with van der Waals surface area (Å²) in [6.07, 6.45) is 2.07. The standard InChI is InChI=1S/C26H28N2O5/c29-24(28-17-10-9-15(11-17)25(30)31)22-12-16(22)13-27-26(32)33-14-23-20-7-3-1-5-18(20)19-6-2-4-8-21(19)23/h1-8,15-17,22-23H,9-14H2,(H,27,32)(H,28,29)(H,30,31)/t15?,16-,17?,22-/m0/s1. The zero-order valence-electron chi connectivity index (χ0n) is 18.3. The van der Waals surface area contributed by atoms with E-state index in [2.05, 4.69) is 34.9 Å². The van der Waals surface area contributed by atoms with E-state index in [0.29, 0.717) is 25.8 Å². The molecule has 0 heterocycles. The maximum Gasteiger partial charge on any atom is 0.407 e. The molecule has 0 radical (unpaired) electrons. The lowest BCUT2D eigenvalue weighted by Gasteiger charge is -2.15. The van der Waals surface area contributed by atoms with Crippen molar-refractivity contribution in [1.82, 2.24) is 10.6 Å². The van der Waals surface area contributed by atoms with Gasteiger partial charge in [-0.3, -0.25) is 9.59 Å². The molecule has 2 aromatic rings. The Labute approximate surface area is 192 Å². The normalized spacial score (nSPS) is 25.1. The number of rotatable bonds is 7. The van der Waals surface area contributed by atoms with Gasteiger partial charge in [0.25, 0.3) is 0 Å². The predicted octanol–water partition coefficient (Wildman–Crippen LogP) is 3.53. The van der Waals surface area contributed by atoms with Gasteiger partial charge in [0.15, 0.2) is 0 Å². The van der Waals surface area contributed by atoms with Gasteiger partial charge >= 0.3 is 12.1 Å². The van der Waals surface area contributed by atoms with Crippen molar-refractivity contribution >= 4 is 18.0 Å². The van der Waals surface area contributed by atoms with Crippen LogP contribution in [0.5, 0.6) is 0 Å². The van der Waals surface area contributed by atoms with Gasteiger partial charge < -0.3 is 20.5 Å². The summed E-state index contributed by atoms with van der Waals surface area (Å²) in [7, 11) is 0. The molecule has 2 saturated carbocycles. The van der Waals surface area contributed by atoms with Gasteiger partial charge in [0.05, 0.1) is 5.92 Å². The van der Waals surface area contributed by atoms with Gasteiger partial charge in [0.1, 0.15) is 6.61 Å². The number of carboxylic acids is 1. The van der Waals surface area contributed by atoms with E-state index in [0.717, 1.165) is 6.42 Å². The van der Waals surface area contributed by atoms with Gasteiger partial charge in [0.2, 0.25) is 5.91 Å². The number of amides is 2. The maximum atomic E-state index is 12.4. The van der Waals surface area contributed by atoms with E-state index >= 15 is 0 Å². The molecule has 33 heavy (non-hydrogen) atoms. The highest BCUT2D eigenvalue weighted by molar-refractivity contribution is 5.82. The Morgan fingerprint density at radius 3 is 2.24 bits per heavy atom. The van der Waals surface area contributed by atoms with E-state index in [-0.39, 0.29) is 42.2 Å². The number of hydrogen-bond donors (Lipinski definition) is 3. The van der Waals surface area contributed by atoms with E-state index < -0.39 is 12.1 Å². The molecule has 3 N–H and O–H groups in total. The molecule has 0 aliphatic heterocycles. The minimum absolute atomic E-state index is 0.0173. The minimum atomic E-state index is -0.789. The van der Waals surface area contributed by atoms with E-state index in [1.807, 2.05) is 24.3 Å². The fourth-order valence-electron chi connectivity index (χ4n) is 5.30. The smallest absolute Gasteiger partial charge is 0.407 e. The highest BCUT2D eigenvalue weighted by Crippen LogP contribution is 2.44. The monoisotopic (exact) mass is 448 g/mol. The fourth-order valence-corrected chi connectivity index (χ4v) is 5.30. The summed E-state index contributed by atoms with van der Waals surface area (Å²) >= 11 is 0. The predicted molar refractivity (Wildman–Crippen MR) is 122 cm³/mol. The molecular formula is C26H28N2O5. The molecule has 2 unspecified atom stereocenters. The van der Waals surface area contributed by atoms with E-state index in [9.17, 15) is 14.4 Å². The average molecular weight is 449 g/mol. The molecule has 7 nitrogen and oxygen atoms in total. The average Bonchev–Trinajstić information content (AvgIpc) is 3.33. The molecule has 0 bridgehead atoms. The molecule has 0 spiro atoms.